The number of furan rings is 1. The molecule has 1 atom stereocenters. The molecule has 0 aliphatic rings. The zero-order valence-corrected chi connectivity index (χ0v) is 9.53. The van der Waals surface area contributed by atoms with Gasteiger partial charge in [0.1, 0.15) is 11.4 Å². The maximum Gasteiger partial charge on any atom is 0.408 e. The average molecular weight is 211 g/mol. The SMILES string of the molecule is C[C@H](NC(=O)OC(C)(C)C)c1ccco1. The molecule has 4 heteroatoms. The first-order valence-electron chi connectivity index (χ1n) is 4.91. The lowest BCUT2D eigenvalue weighted by molar-refractivity contribution is 0.0502. The number of hydrogen-bond donors (Lipinski definition) is 1. The Labute approximate surface area is 89.6 Å². The van der Waals surface area contributed by atoms with Crippen LogP contribution in [-0.4, -0.2) is 11.7 Å². The first-order valence-corrected chi connectivity index (χ1v) is 4.91. The van der Waals surface area contributed by atoms with Gasteiger partial charge < -0.3 is 14.5 Å². The van der Waals surface area contributed by atoms with Crippen LogP contribution in [0.2, 0.25) is 0 Å². The predicted molar refractivity (Wildman–Crippen MR) is 56.5 cm³/mol. The van der Waals surface area contributed by atoms with Crippen molar-refractivity contribution >= 4 is 6.09 Å². The van der Waals surface area contributed by atoms with E-state index in [9.17, 15) is 4.79 Å². The smallest absolute Gasteiger partial charge is 0.408 e. The molecule has 0 saturated carbocycles. The van der Waals surface area contributed by atoms with Crippen molar-refractivity contribution in [2.24, 2.45) is 0 Å². The lowest BCUT2D eigenvalue weighted by atomic mass is 10.2. The van der Waals surface area contributed by atoms with Gasteiger partial charge in [-0.25, -0.2) is 4.79 Å². The van der Waals surface area contributed by atoms with Crippen LogP contribution in [0.4, 0.5) is 4.79 Å². The summed E-state index contributed by atoms with van der Waals surface area (Å²) < 4.78 is 10.3. The van der Waals surface area contributed by atoms with Gasteiger partial charge in [-0.1, -0.05) is 0 Å². The molecule has 4 nitrogen and oxygen atoms in total. The zero-order chi connectivity index (χ0) is 11.5. The normalized spacial score (nSPS) is 13.3. The summed E-state index contributed by atoms with van der Waals surface area (Å²) in [5.74, 6) is 0.709. The average Bonchev–Trinajstić information content (AvgIpc) is 2.50. The Bertz CT molecular complexity index is 311. The Balaban J connectivity index is 2.45. The minimum Gasteiger partial charge on any atom is -0.467 e. The maximum atomic E-state index is 11.4. The van der Waals surface area contributed by atoms with Crippen molar-refractivity contribution in [3.8, 4) is 0 Å². The highest BCUT2D eigenvalue weighted by molar-refractivity contribution is 5.68. The molecule has 1 N–H and O–H groups in total. The topological polar surface area (TPSA) is 51.5 Å². The van der Waals surface area contributed by atoms with Gasteiger partial charge in [-0.3, -0.25) is 0 Å². The Hall–Kier alpha value is -1.45. The van der Waals surface area contributed by atoms with Gasteiger partial charge >= 0.3 is 6.09 Å². The molecule has 1 rings (SSSR count). The number of amides is 1. The monoisotopic (exact) mass is 211 g/mol. The van der Waals surface area contributed by atoms with Crippen LogP contribution < -0.4 is 5.32 Å². The van der Waals surface area contributed by atoms with E-state index in [0.29, 0.717) is 5.76 Å². The van der Waals surface area contributed by atoms with Gasteiger partial charge in [0.25, 0.3) is 0 Å². The lowest BCUT2D eigenvalue weighted by Crippen LogP contribution is -2.33. The van der Waals surface area contributed by atoms with Crippen molar-refractivity contribution in [3.63, 3.8) is 0 Å². The molecule has 1 amide bonds. The highest BCUT2D eigenvalue weighted by atomic mass is 16.6. The standard InChI is InChI=1S/C11H17NO3/c1-8(9-6-5-7-14-9)12-10(13)15-11(2,3)4/h5-8H,1-4H3,(H,12,13)/t8-/m0/s1. The van der Waals surface area contributed by atoms with E-state index < -0.39 is 11.7 Å². The largest absolute Gasteiger partial charge is 0.467 e. The van der Waals surface area contributed by atoms with Gasteiger partial charge in [0.05, 0.1) is 12.3 Å². The van der Waals surface area contributed by atoms with Crippen LogP contribution in [0.5, 0.6) is 0 Å². The molecule has 0 bridgehead atoms. The third kappa shape index (κ3) is 4.06. The molecule has 0 unspecified atom stereocenters. The summed E-state index contributed by atoms with van der Waals surface area (Å²) in [6, 6.07) is 3.40. The number of rotatable bonds is 2. The number of nitrogens with one attached hydrogen (secondary N) is 1. The van der Waals surface area contributed by atoms with E-state index in [-0.39, 0.29) is 6.04 Å². The minimum atomic E-state index is -0.479. The highest BCUT2D eigenvalue weighted by Crippen LogP contribution is 2.13. The van der Waals surface area contributed by atoms with E-state index in [4.69, 9.17) is 9.15 Å². The van der Waals surface area contributed by atoms with Crippen LogP contribution in [-0.2, 0) is 4.74 Å². The Kier molecular flexibility index (Phi) is 3.39. The summed E-state index contributed by atoms with van der Waals surface area (Å²) in [5.41, 5.74) is -0.479. The Morgan fingerprint density at radius 1 is 1.53 bits per heavy atom. The zero-order valence-electron chi connectivity index (χ0n) is 9.53. The number of carbonyl (C=O) groups is 1. The summed E-state index contributed by atoms with van der Waals surface area (Å²) >= 11 is 0. The number of carbonyl (C=O) groups excluding carboxylic acids is 1. The predicted octanol–water partition coefficient (Wildman–Crippen LogP) is 2.87. The van der Waals surface area contributed by atoms with E-state index >= 15 is 0 Å². The second kappa shape index (κ2) is 4.38. The van der Waals surface area contributed by atoms with Crippen LogP contribution in [0.1, 0.15) is 39.5 Å². The summed E-state index contributed by atoms with van der Waals surface area (Å²) in [4.78, 5) is 11.4. The van der Waals surface area contributed by atoms with Crippen LogP contribution in [0.3, 0.4) is 0 Å². The summed E-state index contributed by atoms with van der Waals surface area (Å²) in [6.07, 6.45) is 1.13. The fourth-order valence-electron chi connectivity index (χ4n) is 1.09. The van der Waals surface area contributed by atoms with Crippen molar-refractivity contribution < 1.29 is 13.9 Å². The number of ether oxygens (including phenoxy) is 1. The molecule has 0 aromatic carbocycles. The van der Waals surface area contributed by atoms with Gasteiger partial charge in [-0.2, -0.15) is 0 Å². The van der Waals surface area contributed by atoms with Gasteiger partial charge in [0.2, 0.25) is 0 Å². The molecular formula is C11H17NO3. The third-order valence-electron chi connectivity index (χ3n) is 1.70. The van der Waals surface area contributed by atoms with Crippen LogP contribution in [0, 0.1) is 0 Å². The van der Waals surface area contributed by atoms with Gasteiger partial charge in [0, 0.05) is 0 Å². The van der Waals surface area contributed by atoms with Crippen LogP contribution >= 0.6 is 0 Å². The summed E-state index contributed by atoms with van der Waals surface area (Å²) in [7, 11) is 0. The molecule has 0 saturated heterocycles. The van der Waals surface area contributed by atoms with Crippen LogP contribution in [0.25, 0.3) is 0 Å². The fraction of sp³-hybridized carbons (Fsp3) is 0.545. The van der Waals surface area contributed by atoms with E-state index in [0.717, 1.165) is 0 Å². The fourth-order valence-corrected chi connectivity index (χ4v) is 1.09. The number of alkyl carbamates (subject to hydrolysis) is 1. The van der Waals surface area contributed by atoms with E-state index in [1.807, 2.05) is 33.8 Å². The number of hydrogen-bond acceptors (Lipinski definition) is 3. The van der Waals surface area contributed by atoms with Gasteiger partial charge in [0.15, 0.2) is 0 Å². The molecule has 1 aromatic rings. The molecule has 0 fully saturated rings. The van der Waals surface area contributed by atoms with E-state index in [2.05, 4.69) is 5.32 Å². The first-order chi connectivity index (χ1) is 6.88. The summed E-state index contributed by atoms with van der Waals surface area (Å²) in [6.45, 7) is 7.31. The first kappa shape index (κ1) is 11.6. The van der Waals surface area contributed by atoms with Crippen molar-refractivity contribution in [3.05, 3.63) is 24.2 Å². The summed E-state index contributed by atoms with van der Waals surface area (Å²) in [5, 5.41) is 2.68. The van der Waals surface area contributed by atoms with Crippen molar-refractivity contribution in [1.29, 1.82) is 0 Å². The highest BCUT2D eigenvalue weighted by Gasteiger charge is 2.18. The molecule has 1 heterocycles. The quantitative estimate of drug-likeness (QED) is 0.818. The molecule has 1 aromatic heterocycles. The molecule has 0 aliphatic carbocycles. The third-order valence-corrected chi connectivity index (χ3v) is 1.70. The molecule has 0 aliphatic heterocycles. The molecule has 15 heavy (non-hydrogen) atoms. The van der Waals surface area contributed by atoms with Crippen molar-refractivity contribution in [1.82, 2.24) is 5.32 Å². The minimum absolute atomic E-state index is 0.185. The second-order valence-electron chi connectivity index (χ2n) is 4.38. The molecule has 0 spiro atoms. The lowest BCUT2D eigenvalue weighted by Gasteiger charge is -2.21. The van der Waals surface area contributed by atoms with Crippen LogP contribution in [0.15, 0.2) is 22.8 Å². The van der Waals surface area contributed by atoms with Crippen molar-refractivity contribution in [2.75, 3.05) is 0 Å². The van der Waals surface area contributed by atoms with Crippen molar-refractivity contribution in [2.45, 2.75) is 39.3 Å². The maximum absolute atomic E-state index is 11.4. The van der Waals surface area contributed by atoms with E-state index in [1.54, 1.807) is 12.3 Å². The second-order valence-corrected chi connectivity index (χ2v) is 4.38. The Morgan fingerprint density at radius 3 is 2.67 bits per heavy atom. The van der Waals surface area contributed by atoms with Gasteiger partial charge in [-0.05, 0) is 39.8 Å². The molecular weight excluding hydrogens is 194 g/mol. The van der Waals surface area contributed by atoms with E-state index in [1.165, 1.54) is 0 Å². The van der Waals surface area contributed by atoms with Gasteiger partial charge in [-0.15, -0.1) is 0 Å². The molecule has 0 radical (unpaired) electrons. The Morgan fingerprint density at radius 2 is 2.20 bits per heavy atom. The molecule has 84 valence electrons.